The zero-order valence-electron chi connectivity index (χ0n) is 12.4. The number of nitrogens with one attached hydrogen (secondary N) is 1. The minimum absolute atomic E-state index is 0.0672. The summed E-state index contributed by atoms with van der Waals surface area (Å²) in [4.78, 5) is 11.7. The van der Waals surface area contributed by atoms with Crippen LogP contribution < -0.4 is 5.32 Å². The topological polar surface area (TPSA) is 47.6 Å². The van der Waals surface area contributed by atoms with Crippen LogP contribution in [0.2, 0.25) is 0 Å². The van der Waals surface area contributed by atoms with Gasteiger partial charge in [0.25, 0.3) is 5.91 Å². The molecule has 0 fully saturated rings. The number of ether oxygens (including phenoxy) is 2. The van der Waals surface area contributed by atoms with Crippen molar-refractivity contribution >= 4 is 5.91 Å². The molecule has 112 valence electrons. The Hall–Kier alpha value is -1.39. The molecule has 0 aliphatic heterocycles. The summed E-state index contributed by atoms with van der Waals surface area (Å²) in [6, 6.07) is 9.16. The Morgan fingerprint density at radius 3 is 2.35 bits per heavy atom. The first-order valence-corrected chi connectivity index (χ1v) is 7.19. The van der Waals surface area contributed by atoms with Gasteiger partial charge in [0.15, 0.2) is 0 Å². The summed E-state index contributed by atoms with van der Waals surface area (Å²) in [6.07, 6.45) is 1.08. The van der Waals surface area contributed by atoms with Crippen LogP contribution in [-0.2, 0) is 9.47 Å². The minimum atomic E-state index is -0.0672. The number of carbonyl (C=O) groups excluding carboxylic acids is 1. The molecular formula is C16H25NO3. The molecule has 0 aromatic heterocycles. The SMILES string of the molecule is CC(C)CCOCCOCCNC(=O)c1ccccc1. The fourth-order valence-corrected chi connectivity index (χ4v) is 1.57. The van der Waals surface area contributed by atoms with Crippen LogP contribution in [0.1, 0.15) is 30.6 Å². The van der Waals surface area contributed by atoms with Gasteiger partial charge in [0.05, 0.1) is 19.8 Å². The second-order valence-corrected chi connectivity index (χ2v) is 5.03. The van der Waals surface area contributed by atoms with E-state index in [4.69, 9.17) is 9.47 Å². The third-order valence-electron chi connectivity index (χ3n) is 2.78. The molecule has 1 N–H and O–H groups in total. The standard InChI is InChI=1S/C16H25NO3/c1-14(2)8-10-19-12-13-20-11-9-17-16(18)15-6-4-3-5-7-15/h3-7,14H,8-13H2,1-2H3,(H,17,18). The maximum absolute atomic E-state index is 11.7. The Morgan fingerprint density at radius 2 is 1.70 bits per heavy atom. The van der Waals surface area contributed by atoms with E-state index in [0.717, 1.165) is 13.0 Å². The van der Waals surface area contributed by atoms with E-state index in [1.54, 1.807) is 12.1 Å². The molecule has 0 aliphatic carbocycles. The second-order valence-electron chi connectivity index (χ2n) is 5.03. The van der Waals surface area contributed by atoms with E-state index >= 15 is 0 Å². The van der Waals surface area contributed by atoms with Crippen LogP contribution in [0.3, 0.4) is 0 Å². The normalized spacial score (nSPS) is 10.8. The molecule has 20 heavy (non-hydrogen) atoms. The zero-order valence-corrected chi connectivity index (χ0v) is 12.4. The summed E-state index contributed by atoms with van der Waals surface area (Å²) in [5.41, 5.74) is 0.671. The average molecular weight is 279 g/mol. The van der Waals surface area contributed by atoms with E-state index in [0.29, 0.717) is 37.8 Å². The summed E-state index contributed by atoms with van der Waals surface area (Å²) in [5, 5.41) is 2.81. The highest BCUT2D eigenvalue weighted by Gasteiger charge is 2.02. The summed E-state index contributed by atoms with van der Waals surface area (Å²) in [7, 11) is 0. The third-order valence-corrected chi connectivity index (χ3v) is 2.78. The molecule has 1 amide bonds. The molecule has 0 spiro atoms. The van der Waals surface area contributed by atoms with Gasteiger partial charge in [-0.15, -0.1) is 0 Å². The largest absolute Gasteiger partial charge is 0.379 e. The fraction of sp³-hybridized carbons (Fsp3) is 0.562. The predicted octanol–water partition coefficient (Wildman–Crippen LogP) is 2.50. The Morgan fingerprint density at radius 1 is 1.05 bits per heavy atom. The Kier molecular flexibility index (Phi) is 8.67. The molecule has 0 atom stereocenters. The molecule has 1 aromatic carbocycles. The summed E-state index contributed by atoms with van der Waals surface area (Å²) < 4.78 is 10.8. The highest BCUT2D eigenvalue weighted by Crippen LogP contribution is 1.98. The first-order chi connectivity index (χ1) is 9.70. The van der Waals surface area contributed by atoms with Crippen molar-refractivity contribution in [3.8, 4) is 0 Å². The van der Waals surface area contributed by atoms with E-state index in [1.165, 1.54) is 0 Å². The lowest BCUT2D eigenvalue weighted by Crippen LogP contribution is -2.27. The quantitative estimate of drug-likeness (QED) is 0.669. The van der Waals surface area contributed by atoms with Crippen molar-refractivity contribution in [2.75, 3.05) is 33.0 Å². The number of hydrogen-bond donors (Lipinski definition) is 1. The molecule has 1 rings (SSSR count). The monoisotopic (exact) mass is 279 g/mol. The van der Waals surface area contributed by atoms with Gasteiger partial charge in [-0.1, -0.05) is 32.0 Å². The lowest BCUT2D eigenvalue weighted by molar-refractivity contribution is 0.0446. The number of carbonyl (C=O) groups is 1. The molecular weight excluding hydrogens is 254 g/mol. The molecule has 0 saturated heterocycles. The van der Waals surface area contributed by atoms with Crippen LogP contribution in [0, 0.1) is 5.92 Å². The van der Waals surface area contributed by atoms with Gasteiger partial charge in [0.2, 0.25) is 0 Å². The zero-order chi connectivity index (χ0) is 14.6. The van der Waals surface area contributed by atoms with Crippen LogP contribution >= 0.6 is 0 Å². The van der Waals surface area contributed by atoms with Crippen molar-refractivity contribution in [3.63, 3.8) is 0 Å². The van der Waals surface area contributed by atoms with E-state index in [-0.39, 0.29) is 5.91 Å². The van der Waals surface area contributed by atoms with E-state index in [1.807, 2.05) is 18.2 Å². The van der Waals surface area contributed by atoms with Gasteiger partial charge in [-0.05, 0) is 24.5 Å². The highest BCUT2D eigenvalue weighted by molar-refractivity contribution is 5.94. The average Bonchev–Trinajstić information content (AvgIpc) is 2.46. The maximum atomic E-state index is 11.7. The number of hydrogen-bond acceptors (Lipinski definition) is 3. The number of benzene rings is 1. The summed E-state index contributed by atoms with van der Waals surface area (Å²) in [5.74, 6) is 0.603. The fourth-order valence-electron chi connectivity index (χ4n) is 1.57. The molecule has 0 aliphatic rings. The van der Waals surface area contributed by atoms with Crippen molar-refractivity contribution < 1.29 is 14.3 Å². The third kappa shape index (κ3) is 7.92. The van der Waals surface area contributed by atoms with Gasteiger partial charge < -0.3 is 14.8 Å². The second kappa shape index (κ2) is 10.4. The Balaban J connectivity index is 1.94. The summed E-state index contributed by atoms with van der Waals surface area (Å²) >= 11 is 0. The van der Waals surface area contributed by atoms with Gasteiger partial charge in [-0.2, -0.15) is 0 Å². The lowest BCUT2D eigenvalue weighted by atomic mass is 10.1. The molecule has 0 bridgehead atoms. The van der Waals surface area contributed by atoms with Gasteiger partial charge in [0, 0.05) is 18.7 Å². The summed E-state index contributed by atoms with van der Waals surface area (Å²) in [6.45, 7) is 7.33. The van der Waals surface area contributed by atoms with Gasteiger partial charge in [-0.25, -0.2) is 0 Å². The Labute approximate surface area is 121 Å². The van der Waals surface area contributed by atoms with Crippen LogP contribution in [-0.4, -0.2) is 38.9 Å². The van der Waals surface area contributed by atoms with E-state index in [9.17, 15) is 4.79 Å². The highest BCUT2D eigenvalue weighted by atomic mass is 16.5. The Bertz CT molecular complexity index is 365. The van der Waals surface area contributed by atoms with Crippen LogP contribution in [0.15, 0.2) is 30.3 Å². The first kappa shape index (κ1) is 16.7. The molecule has 4 nitrogen and oxygen atoms in total. The lowest BCUT2D eigenvalue weighted by Gasteiger charge is -2.08. The van der Waals surface area contributed by atoms with E-state index in [2.05, 4.69) is 19.2 Å². The van der Waals surface area contributed by atoms with Crippen molar-refractivity contribution in [1.82, 2.24) is 5.32 Å². The van der Waals surface area contributed by atoms with Crippen LogP contribution in [0.25, 0.3) is 0 Å². The van der Waals surface area contributed by atoms with Gasteiger partial charge in [-0.3, -0.25) is 4.79 Å². The molecule has 0 radical (unpaired) electrons. The van der Waals surface area contributed by atoms with Crippen LogP contribution in [0.4, 0.5) is 0 Å². The van der Waals surface area contributed by atoms with Gasteiger partial charge >= 0.3 is 0 Å². The number of rotatable bonds is 10. The molecule has 0 heterocycles. The predicted molar refractivity (Wildman–Crippen MR) is 79.9 cm³/mol. The molecule has 0 unspecified atom stereocenters. The van der Waals surface area contributed by atoms with Gasteiger partial charge in [0.1, 0.15) is 0 Å². The maximum Gasteiger partial charge on any atom is 0.251 e. The van der Waals surface area contributed by atoms with Crippen molar-refractivity contribution in [3.05, 3.63) is 35.9 Å². The molecule has 1 aromatic rings. The first-order valence-electron chi connectivity index (χ1n) is 7.19. The van der Waals surface area contributed by atoms with Crippen LogP contribution in [0.5, 0.6) is 0 Å². The van der Waals surface area contributed by atoms with E-state index < -0.39 is 0 Å². The minimum Gasteiger partial charge on any atom is -0.379 e. The van der Waals surface area contributed by atoms with Crippen molar-refractivity contribution in [2.45, 2.75) is 20.3 Å². The molecule has 0 saturated carbocycles. The molecule has 4 heteroatoms. The smallest absolute Gasteiger partial charge is 0.251 e. The van der Waals surface area contributed by atoms with Crippen molar-refractivity contribution in [2.24, 2.45) is 5.92 Å². The number of amides is 1. The van der Waals surface area contributed by atoms with Crippen molar-refractivity contribution in [1.29, 1.82) is 0 Å².